The second-order valence-electron chi connectivity index (χ2n) is 28.3. The molecule has 8 aromatic carbocycles. The van der Waals surface area contributed by atoms with E-state index in [2.05, 4.69) is 48.2 Å². The third kappa shape index (κ3) is 24.5. The Morgan fingerprint density at radius 3 is 1.03 bits per heavy atom. The van der Waals surface area contributed by atoms with Crippen molar-refractivity contribution in [2.24, 2.45) is 28.2 Å². The van der Waals surface area contributed by atoms with Gasteiger partial charge in [-0.15, -0.1) is 0 Å². The van der Waals surface area contributed by atoms with Crippen LogP contribution in [0.1, 0.15) is 215 Å². The molecule has 0 bridgehead atoms. The molecule has 0 radical (unpaired) electrons. The van der Waals surface area contributed by atoms with Crippen LogP contribution < -0.4 is 40.2 Å². The van der Waals surface area contributed by atoms with Gasteiger partial charge in [0.1, 0.15) is 62.7 Å². The van der Waals surface area contributed by atoms with Crippen molar-refractivity contribution in [3.05, 3.63) is 310 Å². The lowest BCUT2D eigenvalue weighted by Gasteiger charge is -2.16. The molecule has 4 heterocycles. The molecule has 36 heteroatoms. The molecule has 4 amide bonds. The summed E-state index contributed by atoms with van der Waals surface area (Å²) in [6.07, 6.45) is -7.80. The molecule has 5 N–H and O–H groups in total. The molecule has 0 aliphatic carbocycles. The zero-order valence-electron chi connectivity index (χ0n) is 69.3. The summed E-state index contributed by atoms with van der Waals surface area (Å²) in [6, 6.07) is 38.2. The lowest BCUT2D eigenvalue weighted by Crippen LogP contribution is -2.27. The number of hydrogen-bond acceptors (Lipinski definition) is 16. The van der Waals surface area contributed by atoms with Crippen LogP contribution in [-0.4, -0.2) is 85.2 Å². The van der Waals surface area contributed by atoms with E-state index in [4.69, 9.17) is 53.8 Å². The number of aromatic nitrogens is 8. The molecule has 4 aromatic heterocycles. The Bertz CT molecular complexity index is 5860. The van der Waals surface area contributed by atoms with Crippen molar-refractivity contribution in [3.8, 4) is 46.5 Å². The molecule has 24 nitrogen and oxygen atoms in total. The summed E-state index contributed by atoms with van der Waals surface area (Å²) in [4.78, 5) is 86.3. The summed E-state index contributed by atoms with van der Waals surface area (Å²) >= 11 is 18.1. The lowest BCUT2D eigenvalue weighted by atomic mass is 10.0. The van der Waals surface area contributed by atoms with Gasteiger partial charge >= 0.3 is 6.18 Å². The first-order valence-electron chi connectivity index (χ1n) is 37.7. The van der Waals surface area contributed by atoms with Gasteiger partial charge in [-0.1, -0.05) is 146 Å². The molecule has 4 atom stereocenters. The van der Waals surface area contributed by atoms with Crippen LogP contribution in [-0.2, 0) is 34.4 Å². The molecule has 0 spiro atoms. The van der Waals surface area contributed by atoms with Gasteiger partial charge in [-0.3, -0.25) is 33.6 Å². The van der Waals surface area contributed by atoms with E-state index in [1.54, 1.807) is 153 Å². The van der Waals surface area contributed by atoms with Gasteiger partial charge in [0.25, 0.3) is 30.1 Å². The van der Waals surface area contributed by atoms with Crippen LogP contribution >= 0.6 is 34.8 Å². The van der Waals surface area contributed by atoms with Crippen molar-refractivity contribution in [3.63, 3.8) is 0 Å². The van der Waals surface area contributed by atoms with Crippen molar-refractivity contribution in [1.82, 2.24) is 60.4 Å². The molecule has 0 saturated heterocycles. The third-order valence-electron chi connectivity index (χ3n) is 19.0. The van der Waals surface area contributed by atoms with Crippen molar-refractivity contribution < 1.29 is 97.1 Å². The number of nitrogens with one attached hydrogen (secondary N) is 4. The highest BCUT2D eigenvalue weighted by atomic mass is 35.5. The molecular weight excluding hydrogens is 1720 g/mol. The first-order valence-corrected chi connectivity index (χ1v) is 38.9. The fourth-order valence-corrected chi connectivity index (χ4v) is 12.9. The summed E-state index contributed by atoms with van der Waals surface area (Å²) < 4.78 is 148. The molecule has 662 valence electrons. The molecule has 0 aliphatic heterocycles. The van der Waals surface area contributed by atoms with E-state index in [0.29, 0.717) is 57.0 Å². The largest absolute Gasteiger partial charge is 0.508 e. The third-order valence-corrected chi connectivity index (χ3v) is 19.9. The van der Waals surface area contributed by atoms with Gasteiger partial charge in [-0.05, 0) is 152 Å². The Morgan fingerprint density at radius 1 is 0.397 bits per heavy atom. The fraction of sp³-hybridized carbons (Fsp3) is 0.233. The number of ketones is 3. The van der Waals surface area contributed by atoms with Crippen LogP contribution in [0.15, 0.2) is 176 Å². The van der Waals surface area contributed by atoms with Gasteiger partial charge in [0.2, 0.25) is 23.5 Å². The number of aryl methyl sites for hydroxylation is 7. The molecule has 0 aliphatic rings. The number of carbonyl (C=O) groups excluding carboxylic acids is 7. The van der Waals surface area contributed by atoms with Crippen LogP contribution in [0, 0.1) is 44.0 Å². The number of halogens is 12. The zero-order chi connectivity index (χ0) is 92.1. The van der Waals surface area contributed by atoms with Crippen LogP contribution in [0.25, 0.3) is 5.76 Å². The second-order valence-corrected chi connectivity index (χ2v) is 29.5. The van der Waals surface area contributed by atoms with E-state index >= 15 is 0 Å². The molecule has 0 saturated carbocycles. The minimum Gasteiger partial charge on any atom is -0.508 e. The second kappa shape index (κ2) is 42.2. The highest BCUT2D eigenvalue weighted by Gasteiger charge is 2.35. The summed E-state index contributed by atoms with van der Waals surface area (Å²) in [7, 11) is 6.04. The number of nitrogens with zero attached hydrogens (tertiary/aromatic N) is 8. The standard InChI is InChI=1S/C23H19ClF5N3O3.2C22H21ClFN3O3.C22H21F2N3O3.CH4/c1-11(13-4-6-14(7-5-13)12(2)33)30-21(34)18-19(20(25)26)31-32(3)22(18)35-17-9-8-15(10-16(17)24)23(27,28)29;1-12(15-5-7-16(8-6-15)14(3)28)25-21(29)20-13(2)26-27(4)22(20)30-19-10-9-17(24)11-18(19)23;1-12(15-5-7-16(8-6-15)14(3)28)25-21(29)20-13(2)26-27(4)22(20)30-19-11-17(24)9-10-18(19)23;1-12(15-5-7-16(8-6-15)14(3)28)25-21(29)20-13(2)26-27(4)22(20)30-19-11-17(23)9-10-18(19)24;/h4-11,20H,1-3H3,(H,30,34);2*5-12H,1-4H3,(H,25,29);5-12,28H,3H2,1-2,4H3,(H,25,29);1H4/t11-;3*12-;/m0000./s1. The maximum absolute atomic E-state index is 14.0. The van der Waals surface area contributed by atoms with E-state index in [-0.39, 0.29) is 122 Å². The number of aliphatic hydroxyl groups excluding tert-OH is 1. The topological polar surface area (TPSA) is 296 Å². The Morgan fingerprint density at radius 2 is 0.690 bits per heavy atom. The summed E-state index contributed by atoms with van der Waals surface area (Å²) in [5.74, 6) is -5.31. The molecule has 0 fully saturated rings. The Kier molecular flexibility index (Phi) is 32.8. The molecular formula is C90H86Cl3F9N12O12. The number of alkyl halides is 5. The first-order chi connectivity index (χ1) is 58.8. The summed E-state index contributed by atoms with van der Waals surface area (Å²) in [5.41, 5.74) is 4.73. The lowest BCUT2D eigenvalue weighted by molar-refractivity contribution is -0.137. The zero-order valence-corrected chi connectivity index (χ0v) is 71.6. The van der Waals surface area contributed by atoms with Crippen LogP contribution in [0.4, 0.5) is 39.5 Å². The monoisotopic (exact) mass is 1800 g/mol. The first kappa shape index (κ1) is 97.9. The Balaban J connectivity index is 0.000000208. The maximum Gasteiger partial charge on any atom is 0.416 e. The Hall–Kier alpha value is -13.5. The van der Waals surface area contributed by atoms with E-state index in [0.717, 1.165) is 57.8 Å². The number of rotatable bonds is 25. The van der Waals surface area contributed by atoms with Crippen molar-refractivity contribution in [1.29, 1.82) is 0 Å². The van der Waals surface area contributed by atoms with Gasteiger partial charge in [0.05, 0.1) is 61.9 Å². The van der Waals surface area contributed by atoms with Crippen molar-refractivity contribution in [2.45, 2.75) is 113 Å². The van der Waals surface area contributed by atoms with Crippen LogP contribution in [0.3, 0.4) is 0 Å². The van der Waals surface area contributed by atoms with Crippen LogP contribution in [0.5, 0.6) is 46.5 Å². The summed E-state index contributed by atoms with van der Waals surface area (Å²) in [5, 5.41) is 36.8. The molecule has 0 unspecified atom stereocenters. The predicted octanol–water partition coefficient (Wildman–Crippen LogP) is 22.0. The number of ether oxygens (including phenoxy) is 4. The SMILES string of the molecule is C.C=C(O)c1ccc([C@H](C)NC(=O)c2c(C)nn(C)c2Oc2cc(F)ccc2F)cc1.CC(=O)c1ccc([C@H](C)NC(=O)c2c(C(F)F)nn(C)c2Oc2ccc(C(F)(F)F)cc2Cl)cc1.CC(=O)c1ccc([C@H](C)NC(=O)c2c(C)nn(C)c2Oc2cc(F)ccc2Cl)cc1.CC(=O)c1ccc([C@H](C)NC(=O)c2c(C)nn(C)c2Oc2ccc(F)cc2Cl)cc1. The fourth-order valence-electron chi connectivity index (χ4n) is 12.3. The van der Waals surface area contributed by atoms with Gasteiger partial charge < -0.3 is 45.3 Å². The summed E-state index contributed by atoms with van der Waals surface area (Å²) in [6.45, 7) is 19.9. The normalized spacial score (nSPS) is 11.9. The quantitative estimate of drug-likeness (QED) is 0.0202. The minimum atomic E-state index is -4.65. The number of Topliss-reactive ketones (excluding diaryl/α,β-unsaturated/α-hetero) is 3. The van der Waals surface area contributed by atoms with Crippen LogP contribution in [0.2, 0.25) is 15.1 Å². The highest BCUT2D eigenvalue weighted by molar-refractivity contribution is 6.32. The smallest absolute Gasteiger partial charge is 0.416 e. The number of aliphatic hydroxyl groups is 1. The number of amides is 4. The number of benzene rings is 8. The van der Waals surface area contributed by atoms with Gasteiger partial charge in [-0.25, -0.2) is 45.1 Å². The number of carbonyl (C=O) groups is 7. The average molecular weight is 1810 g/mol. The van der Waals surface area contributed by atoms with Crippen molar-refractivity contribution in [2.75, 3.05) is 0 Å². The predicted molar refractivity (Wildman–Crippen MR) is 456 cm³/mol. The van der Waals surface area contributed by atoms with Gasteiger partial charge in [0, 0.05) is 62.6 Å². The Labute approximate surface area is 733 Å². The van der Waals surface area contributed by atoms with E-state index in [1.807, 2.05) is 13.8 Å². The molecule has 12 aromatic rings. The average Bonchev–Trinajstić information content (AvgIpc) is 1.63. The van der Waals surface area contributed by atoms with E-state index in [9.17, 15) is 78.2 Å². The highest BCUT2D eigenvalue weighted by Crippen LogP contribution is 2.41. The van der Waals surface area contributed by atoms with E-state index < -0.39 is 87.4 Å². The van der Waals surface area contributed by atoms with E-state index in [1.165, 1.54) is 66.1 Å². The molecule has 12 rings (SSSR count). The van der Waals surface area contributed by atoms with Crippen molar-refractivity contribution >= 4 is 81.5 Å². The van der Waals surface area contributed by atoms with Gasteiger partial charge in [-0.2, -0.15) is 33.6 Å². The van der Waals surface area contributed by atoms with Gasteiger partial charge in [0.15, 0.2) is 34.7 Å². The number of hydrogen-bond donors (Lipinski definition) is 5. The maximum atomic E-state index is 14.0. The molecule has 126 heavy (non-hydrogen) atoms. The minimum absolute atomic E-state index is 0.